The first-order chi connectivity index (χ1) is 10.0. The number of hydrogen-bond donors (Lipinski definition) is 0. The van der Waals surface area contributed by atoms with Crippen molar-refractivity contribution in [3.63, 3.8) is 0 Å². The summed E-state index contributed by atoms with van der Waals surface area (Å²) in [6.45, 7) is 1.26. The second kappa shape index (κ2) is 6.45. The molecule has 0 saturated heterocycles. The van der Waals surface area contributed by atoms with Crippen molar-refractivity contribution in [1.82, 2.24) is 19.7 Å². The molecule has 0 aliphatic heterocycles. The van der Waals surface area contributed by atoms with Gasteiger partial charge in [0.25, 0.3) is 0 Å². The van der Waals surface area contributed by atoms with Crippen molar-refractivity contribution in [2.24, 2.45) is 0 Å². The van der Waals surface area contributed by atoms with Gasteiger partial charge in [-0.15, -0.1) is 0 Å². The highest BCUT2D eigenvalue weighted by Crippen LogP contribution is 2.20. The van der Waals surface area contributed by atoms with Crippen LogP contribution in [0.4, 0.5) is 4.39 Å². The standard InChI is InChI=1S/C14H17FN4O2/c1-18(2)6-7-19-13(12(21-3)9-17-19)14(20)11-5-4-10(15)8-16-11/h4-5,8-9H,6-7H2,1-3H3. The minimum Gasteiger partial charge on any atom is -0.493 e. The topological polar surface area (TPSA) is 60.2 Å². The Morgan fingerprint density at radius 2 is 2.14 bits per heavy atom. The number of methoxy groups -OCH3 is 1. The third-order valence-corrected chi connectivity index (χ3v) is 2.96. The van der Waals surface area contributed by atoms with Gasteiger partial charge in [-0.3, -0.25) is 9.48 Å². The highest BCUT2D eigenvalue weighted by Gasteiger charge is 2.22. The van der Waals surface area contributed by atoms with Crippen molar-refractivity contribution in [3.05, 3.63) is 41.7 Å². The normalized spacial score (nSPS) is 10.9. The van der Waals surface area contributed by atoms with Gasteiger partial charge in [-0.1, -0.05) is 0 Å². The van der Waals surface area contributed by atoms with E-state index in [0.717, 1.165) is 12.7 Å². The molecule has 0 aliphatic carbocycles. The van der Waals surface area contributed by atoms with Crippen LogP contribution in [0.2, 0.25) is 0 Å². The zero-order valence-electron chi connectivity index (χ0n) is 12.2. The molecule has 0 radical (unpaired) electrons. The molecule has 0 saturated carbocycles. The van der Waals surface area contributed by atoms with Gasteiger partial charge in [0.05, 0.1) is 26.0 Å². The summed E-state index contributed by atoms with van der Waals surface area (Å²) >= 11 is 0. The molecule has 112 valence electrons. The molecular formula is C14H17FN4O2. The molecule has 2 heterocycles. The summed E-state index contributed by atoms with van der Waals surface area (Å²) in [5.41, 5.74) is 0.472. The molecule has 0 fully saturated rings. The first-order valence-corrected chi connectivity index (χ1v) is 6.43. The summed E-state index contributed by atoms with van der Waals surface area (Å²) < 4.78 is 19.7. The predicted molar refractivity (Wildman–Crippen MR) is 75.0 cm³/mol. The lowest BCUT2D eigenvalue weighted by Gasteiger charge is -2.12. The number of hydrogen-bond acceptors (Lipinski definition) is 5. The Labute approximate surface area is 122 Å². The van der Waals surface area contributed by atoms with E-state index < -0.39 is 5.82 Å². The van der Waals surface area contributed by atoms with Crippen molar-refractivity contribution in [2.75, 3.05) is 27.7 Å². The van der Waals surface area contributed by atoms with E-state index >= 15 is 0 Å². The summed E-state index contributed by atoms with van der Waals surface area (Å²) in [4.78, 5) is 18.3. The molecule has 2 aromatic heterocycles. The average Bonchev–Trinajstić information content (AvgIpc) is 2.88. The number of halogens is 1. The molecule has 6 nitrogen and oxygen atoms in total. The van der Waals surface area contributed by atoms with Gasteiger partial charge in [0.2, 0.25) is 5.78 Å². The van der Waals surface area contributed by atoms with Gasteiger partial charge in [-0.25, -0.2) is 9.37 Å². The molecule has 0 N–H and O–H groups in total. The fourth-order valence-electron chi connectivity index (χ4n) is 1.84. The van der Waals surface area contributed by atoms with Gasteiger partial charge in [-0.05, 0) is 26.2 Å². The predicted octanol–water partition coefficient (Wildman–Crippen LogP) is 1.22. The molecule has 0 aromatic carbocycles. The van der Waals surface area contributed by atoms with E-state index in [1.165, 1.54) is 25.4 Å². The zero-order valence-corrected chi connectivity index (χ0v) is 12.2. The molecule has 0 spiro atoms. The van der Waals surface area contributed by atoms with E-state index in [2.05, 4.69) is 10.1 Å². The molecule has 2 aromatic rings. The third kappa shape index (κ3) is 3.43. The van der Waals surface area contributed by atoms with Crippen molar-refractivity contribution < 1.29 is 13.9 Å². The third-order valence-electron chi connectivity index (χ3n) is 2.96. The van der Waals surface area contributed by atoms with Crippen LogP contribution >= 0.6 is 0 Å². The average molecular weight is 292 g/mol. The maximum absolute atomic E-state index is 12.9. The lowest BCUT2D eigenvalue weighted by atomic mass is 10.2. The lowest BCUT2D eigenvalue weighted by Crippen LogP contribution is -2.22. The van der Waals surface area contributed by atoms with Crippen LogP contribution in [0.25, 0.3) is 0 Å². The molecule has 0 bridgehead atoms. The summed E-state index contributed by atoms with van der Waals surface area (Å²) in [6.07, 6.45) is 2.51. The van der Waals surface area contributed by atoms with Gasteiger partial charge < -0.3 is 9.64 Å². The number of pyridine rings is 1. The van der Waals surface area contributed by atoms with Gasteiger partial charge in [0.1, 0.15) is 11.5 Å². The van der Waals surface area contributed by atoms with Gasteiger partial charge >= 0.3 is 0 Å². The maximum atomic E-state index is 12.9. The maximum Gasteiger partial charge on any atom is 0.233 e. The van der Waals surface area contributed by atoms with Crippen molar-refractivity contribution in [3.8, 4) is 5.75 Å². The van der Waals surface area contributed by atoms with Crippen LogP contribution in [-0.2, 0) is 6.54 Å². The number of rotatable bonds is 6. The number of likely N-dealkylation sites (N-methyl/N-ethyl adjacent to an activating group) is 1. The number of carbonyl (C=O) groups is 1. The number of carbonyl (C=O) groups excluding carboxylic acids is 1. The molecule has 7 heteroatoms. The van der Waals surface area contributed by atoms with Crippen LogP contribution < -0.4 is 4.74 Å². The Bertz CT molecular complexity index is 622. The Balaban J connectivity index is 2.34. The Hall–Kier alpha value is -2.28. The molecular weight excluding hydrogens is 275 g/mol. The van der Waals surface area contributed by atoms with Crippen LogP contribution in [0, 0.1) is 5.82 Å². The molecule has 0 atom stereocenters. The second-order valence-electron chi connectivity index (χ2n) is 4.78. The highest BCUT2D eigenvalue weighted by molar-refractivity contribution is 6.08. The van der Waals surface area contributed by atoms with E-state index in [9.17, 15) is 9.18 Å². The fourth-order valence-corrected chi connectivity index (χ4v) is 1.84. The monoisotopic (exact) mass is 292 g/mol. The highest BCUT2D eigenvalue weighted by atomic mass is 19.1. The van der Waals surface area contributed by atoms with Crippen LogP contribution in [0.5, 0.6) is 5.75 Å². The second-order valence-corrected chi connectivity index (χ2v) is 4.78. The fraction of sp³-hybridized carbons (Fsp3) is 0.357. The van der Waals surface area contributed by atoms with E-state index in [0.29, 0.717) is 18.0 Å². The first kappa shape index (κ1) is 15.1. The Morgan fingerprint density at radius 1 is 1.38 bits per heavy atom. The number of ether oxygens (including phenoxy) is 1. The number of ketones is 1. The van der Waals surface area contributed by atoms with E-state index in [4.69, 9.17) is 4.74 Å². The molecule has 0 aliphatic rings. The van der Waals surface area contributed by atoms with Crippen LogP contribution in [0.3, 0.4) is 0 Å². The molecule has 0 unspecified atom stereocenters. The number of nitrogens with zero attached hydrogens (tertiary/aromatic N) is 4. The van der Waals surface area contributed by atoms with Gasteiger partial charge in [0, 0.05) is 6.54 Å². The molecule has 2 rings (SSSR count). The minimum atomic E-state index is -0.486. The largest absolute Gasteiger partial charge is 0.493 e. The quantitative estimate of drug-likeness (QED) is 0.749. The lowest BCUT2D eigenvalue weighted by molar-refractivity contribution is 0.102. The van der Waals surface area contributed by atoms with Crippen molar-refractivity contribution in [2.45, 2.75) is 6.54 Å². The van der Waals surface area contributed by atoms with Crippen LogP contribution in [-0.4, -0.2) is 53.2 Å². The zero-order chi connectivity index (χ0) is 15.4. The Morgan fingerprint density at radius 3 is 2.71 bits per heavy atom. The first-order valence-electron chi connectivity index (χ1n) is 6.43. The molecule has 21 heavy (non-hydrogen) atoms. The smallest absolute Gasteiger partial charge is 0.233 e. The van der Waals surface area contributed by atoms with E-state index in [1.54, 1.807) is 4.68 Å². The van der Waals surface area contributed by atoms with E-state index in [-0.39, 0.29) is 11.5 Å². The minimum absolute atomic E-state index is 0.154. The summed E-state index contributed by atoms with van der Waals surface area (Å²) in [6, 6.07) is 2.55. The molecule has 0 amide bonds. The summed E-state index contributed by atoms with van der Waals surface area (Å²) in [5.74, 6) is -0.451. The van der Waals surface area contributed by atoms with Crippen LogP contribution in [0.1, 0.15) is 16.2 Å². The van der Waals surface area contributed by atoms with E-state index in [1.807, 2.05) is 19.0 Å². The summed E-state index contributed by atoms with van der Waals surface area (Å²) in [7, 11) is 5.34. The van der Waals surface area contributed by atoms with Gasteiger partial charge in [0.15, 0.2) is 11.4 Å². The Kier molecular flexibility index (Phi) is 4.64. The van der Waals surface area contributed by atoms with Crippen molar-refractivity contribution in [1.29, 1.82) is 0 Å². The van der Waals surface area contributed by atoms with Gasteiger partial charge in [-0.2, -0.15) is 5.10 Å². The summed E-state index contributed by atoms with van der Waals surface area (Å²) in [5, 5.41) is 4.17. The number of aromatic nitrogens is 3. The SMILES string of the molecule is COc1cnn(CCN(C)C)c1C(=O)c1ccc(F)cn1. The van der Waals surface area contributed by atoms with Crippen molar-refractivity contribution >= 4 is 5.78 Å². The van der Waals surface area contributed by atoms with Crippen LogP contribution in [0.15, 0.2) is 24.5 Å².